The number of aromatic nitrogens is 1. The highest BCUT2D eigenvalue weighted by molar-refractivity contribution is 5.87. The quantitative estimate of drug-likeness (QED) is 0.684. The number of rotatable bonds is 4. The zero-order chi connectivity index (χ0) is 17.9. The molecule has 1 aliphatic heterocycles. The number of benzene rings is 2. The van der Waals surface area contributed by atoms with Gasteiger partial charge in [0.2, 0.25) is 0 Å². The first kappa shape index (κ1) is 16.8. The van der Waals surface area contributed by atoms with Gasteiger partial charge in [-0.3, -0.25) is 4.98 Å². The Balaban J connectivity index is 1.55. The summed E-state index contributed by atoms with van der Waals surface area (Å²) >= 11 is 0. The largest absolute Gasteiger partial charge is 0.300 e. The van der Waals surface area contributed by atoms with E-state index in [-0.39, 0.29) is 0 Å². The molecule has 0 unspecified atom stereocenters. The van der Waals surface area contributed by atoms with Gasteiger partial charge in [0.05, 0.1) is 5.56 Å². The van der Waals surface area contributed by atoms with Gasteiger partial charge >= 0.3 is 0 Å². The molecule has 0 spiro atoms. The zero-order valence-corrected chi connectivity index (χ0v) is 15.2. The molecule has 1 saturated heterocycles. The Morgan fingerprint density at radius 2 is 1.92 bits per heavy atom. The summed E-state index contributed by atoms with van der Waals surface area (Å²) in [4.78, 5) is 6.77. The van der Waals surface area contributed by atoms with Crippen molar-refractivity contribution >= 4 is 10.8 Å². The number of hydrogen-bond acceptors (Lipinski definition) is 3. The van der Waals surface area contributed by atoms with E-state index in [2.05, 4.69) is 59.3 Å². The van der Waals surface area contributed by atoms with E-state index < -0.39 is 0 Å². The molecule has 3 nitrogen and oxygen atoms in total. The van der Waals surface area contributed by atoms with Crippen molar-refractivity contribution in [2.24, 2.45) is 0 Å². The predicted octanol–water partition coefficient (Wildman–Crippen LogP) is 4.80. The van der Waals surface area contributed by atoms with Gasteiger partial charge in [0.15, 0.2) is 0 Å². The predicted molar refractivity (Wildman–Crippen MR) is 106 cm³/mol. The van der Waals surface area contributed by atoms with Crippen LogP contribution in [-0.4, -0.2) is 29.0 Å². The Morgan fingerprint density at radius 1 is 1.08 bits per heavy atom. The standard InChI is InChI=1S/C23H23N3/c1-17-3-2-9-26(17)10-8-18-4-5-21-13-22(7-6-20(21)11-18)23-12-19(14-24)15-25-16-23/h4-7,11-13,15-17H,2-3,8-10H2,1H3/t17-/m1/s1. The lowest BCUT2D eigenvalue weighted by Crippen LogP contribution is -2.28. The number of likely N-dealkylation sites (tertiary alicyclic amines) is 1. The minimum Gasteiger partial charge on any atom is -0.300 e. The van der Waals surface area contributed by atoms with Crippen LogP contribution in [0, 0.1) is 11.3 Å². The van der Waals surface area contributed by atoms with Crippen molar-refractivity contribution in [2.45, 2.75) is 32.2 Å². The van der Waals surface area contributed by atoms with E-state index in [0.717, 1.165) is 30.1 Å². The van der Waals surface area contributed by atoms with Gasteiger partial charge in [-0.15, -0.1) is 0 Å². The number of pyridine rings is 1. The van der Waals surface area contributed by atoms with Crippen LogP contribution >= 0.6 is 0 Å². The molecule has 0 bridgehead atoms. The van der Waals surface area contributed by atoms with Crippen LogP contribution in [0.25, 0.3) is 21.9 Å². The van der Waals surface area contributed by atoms with Crippen LogP contribution in [0.3, 0.4) is 0 Å². The highest BCUT2D eigenvalue weighted by Crippen LogP contribution is 2.26. The third kappa shape index (κ3) is 3.47. The summed E-state index contributed by atoms with van der Waals surface area (Å²) in [6.45, 7) is 4.73. The van der Waals surface area contributed by atoms with Gasteiger partial charge in [-0.25, -0.2) is 0 Å². The van der Waals surface area contributed by atoms with E-state index in [0.29, 0.717) is 5.56 Å². The van der Waals surface area contributed by atoms with Crippen LogP contribution in [0.15, 0.2) is 54.9 Å². The maximum absolute atomic E-state index is 9.06. The molecular formula is C23H23N3. The smallest absolute Gasteiger partial charge is 0.101 e. The fourth-order valence-corrected chi connectivity index (χ4v) is 3.89. The van der Waals surface area contributed by atoms with Crippen molar-refractivity contribution in [3.05, 3.63) is 66.0 Å². The average molecular weight is 341 g/mol. The first-order valence-corrected chi connectivity index (χ1v) is 9.35. The number of fused-ring (bicyclic) bond motifs is 1. The van der Waals surface area contributed by atoms with Gasteiger partial charge in [-0.2, -0.15) is 5.26 Å². The number of hydrogen-bond donors (Lipinski definition) is 0. The summed E-state index contributed by atoms with van der Waals surface area (Å²) in [6.07, 6.45) is 7.19. The SMILES string of the molecule is C[C@@H]1CCCN1CCc1ccc2cc(-c3cncc(C#N)c3)ccc2c1. The van der Waals surface area contributed by atoms with Crippen molar-refractivity contribution in [2.75, 3.05) is 13.1 Å². The van der Waals surface area contributed by atoms with Crippen LogP contribution in [0.4, 0.5) is 0 Å². The van der Waals surface area contributed by atoms with Crippen molar-refractivity contribution in [1.29, 1.82) is 5.26 Å². The van der Waals surface area contributed by atoms with Crippen molar-refractivity contribution < 1.29 is 0 Å². The highest BCUT2D eigenvalue weighted by Gasteiger charge is 2.19. The second-order valence-corrected chi connectivity index (χ2v) is 7.25. The van der Waals surface area contributed by atoms with Crippen molar-refractivity contribution in [1.82, 2.24) is 9.88 Å². The molecule has 2 aromatic carbocycles. The second kappa shape index (κ2) is 7.27. The van der Waals surface area contributed by atoms with Gasteiger partial charge in [-0.05, 0) is 66.8 Å². The lowest BCUT2D eigenvalue weighted by Gasteiger charge is -2.20. The first-order chi connectivity index (χ1) is 12.7. The molecule has 0 saturated carbocycles. The Kier molecular flexibility index (Phi) is 4.69. The summed E-state index contributed by atoms with van der Waals surface area (Å²) in [7, 11) is 0. The molecule has 0 N–H and O–H groups in total. The molecule has 2 heterocycles. The first-order valence-electron chi connectivity index (χ1n) is 9.35. The maximum Gasteiger partial charge on any atom is 0.101 e. The molecule has 3 heteroatoms. The molecule has 26 heavy (non-hydrogen) atoms. The maximum atomic E-state index is 9.06. The summed E-state index contributed by atoms with van der Waals surface area (Å²) in [5.74, 6) is 0. The van der Waals surface area contributed by atoms with Crippen molar-refractivity contribution in [3.63, 3.8) is 0 Å². The Bertz CT molecular complexity index is 971. The van der Waals surface area contributed by atoms with E-state index >= 15 is 0 Å². The molecule has 1 aliphatic rings. The fraction of sp³-hybridized carbons (Fsp3) is 0.304. The minimum atomic E-state index is 0.592. The molecule has 1 fully saturated rings. The van der Waals surface area contributed by atoms with E-state index in [1.54, 1.807) is 6.20 Å². The van der Waals surface area contributed by atoms with Gasteiger partial charge in [0, 0.05) is 30.5 Å². The van der Waals surface area contributed by atoms with Crippen LogP contribution in [0.2, 0.25) is 0 Å². The van der Waals surface area contributed by atoms with Gasteiger partial charge in [-0.1, -0.05) is 30.3 Å². The molecule has 0 amide bonds. The summed E-state index contributed by atoms with van der Waals surface area (Å²) < 4.78 is 0. The zero-order valence-electron chi connectivity index (χ0n) is 15.2. The molecule has 1 aromatic heterocycles. The molecular weight excluding hydrogens is 318 g/mol. The van der Waals surface area contributed by atoms with Crippen LogP contribution in [0.5, 0.6) is 0 Å². The summed E-state index contributed by atoms with van der Waals surface area (Å²) in [5.41, 5.74) is 4.07. The lowest BCUT2D eigenvalue weighted by molar-refractivity contribution is 0.272. The Hall–Kier alpha value is -2.70. The average Bonchev–Trinajstić information content (AvgIpc) is 3.10. The molecule has 4 rings (SSSR count). The minimum absolute atomic E-state index is 0.592. The van der Waals surface area contributed by atoms with E-state index in [1.807, 2.05) is 12.3 Å². The van der Waals surface area contributed by atoms with Gasteiger partial charge in [0.1, 0.15) is 6.07 Å². The lowest BCUT2D eigenvalue weighted by atomic mass is 9.99. The third-order valence-corrected chi connectivity index (χ3v) is 5.48. The Labute approximate surface area is 154 Å². The van der Waals surface area contributed by atoms with Crippen LogP contribution < -0.4 is 0 Å². The molecule has 3 aromatic rings. The third-order valence-electron chi connectivity index (χ3n) is 5.48. The molecule has 130 valence electrons. The molecule has 1 atom stereocenters. The molecule has 0 radical (unpaired) electrons. The van der Waals surface area contributed by atoms with E-state index in [4.69, 9.17) is 5.26 Å². The number of nitriles is 1. The van der Waals surface area contributed by atoms with Crippen molar-refractivity contribution in [3.8, 4) is 17.2 Å². The fourth-order valence-electron chi connectivity index (χ4n) is 3.89. The van der Waals surface area contributed by atoms with Gasteiger partial charge in [0.25, 0.3) is 0 Å². The summed E-state index contributed by atoms with van der Waals surface area (Å²) in [6, 6.07) is 18.0. The second-order valence-electron chi connectivity index (χ2n) is 7.25. The normalized spacial score (nSPS) is 17.5. The van der Waals surface area contributed by atoms with Crippen LogP contribution in [0.1, 0.15) is 30.9 Å². The van der Waals surface area contributed by atoms with E-state index in [1.165, 1.54) is 35.7 Å². The Morgan fingerprint density at radius 3 is 2.73 bits per heavy atom. The van der Waals surface area contributed by atoms with E-state index in [9.17, 15) is 0 Å². The summed E-state index contributed by atoms with van der Waals surface area (Å²) in [5, 5.41) is 11.6. The highest BCUT2D eigenvalue weighted by atomic mass is 15.2. The monoisotopic (exact) mass is 341 g/mol. The number of nitrogens with zero attached hydrogens (tertiary/aromatic N) is 3. The topological polar surface area (TPSA) is 39.9 Å². The van der Waals surface area contributed by atoms with Crippen LogP contribution in [-0.2, 0) is 6.42 Å². The molecule has 0 aliphatic carbocycles. The van der Waals surface area contributed by atoms with Gasteiger partial charge < -0.3 is 4.90 Å².